The van der Waals surface area contributed by atoms with Gasteiger partial charge in [0.2, 0.25) is 0 Å². The molecule has 0 saturated carbocycles. The molecule has 1 fully saturated rings. The maximum Gasteiger partial charge on any atom is 0.317 e. The number of benzene rings is 1. The molecule has 106 valence electrons. The number of nitriles is 1. The summed E-state index contributed by atoms with van der Waals surface area (Å²) in [6.45, 7) is 2.98. The van der Waals surface area contributed by atoms with Crippen LogP contribution in [-0.2, 0) is 0 Å². The number of carbonyl (C=O) groups excluding carboxylic acids is 1. The molecule has 0 aliphatic carbocycles. The normalized spacial score (nSPS) is 20.1. The molecule has 1 aromatic carbocycles. The number of piperidine rings is 1. The molecule has 5 heteroatoms. The number of hydrogen-bond acceptors (Lipinski definition) is 3. The summed E-state index contributed by atoms with van der Waals surface area (Å²) in [7, 11) is 0. The first-order valence-corrected chi connectivity index (χ1v) is 6.83. The first kappa shape index (κ1) is 14.4. The van der Waals surface area contributed by atoms with E-state index in [4.69, 9.17) is 5.26 Å². The van der Waals surface area contributed by atoms with Crippen molar-refractivity contribution in [1.29, 1.82) is 5.26 Å². The Kier molecular flexibility index (Phi) is 4.59. The van der Waals surface area contributed by atoms with Crippen LogP contribution >= 0.6 is 0 Å². The van der Waals surface area contributed by atoms with Crippen LogP contribution in [0.25, 0.3) is 0 Å². The summed E-state index contributed by atoms with van der Waals surface area (Å²) in [5.41, 5.74) is 1.56. The number of likely N-dealkylation sites (tertiary alicyclic amines) is 1. The number of aliphatic hydroxyl groups is 1. The van der Waals surface area contributed by atoms with E-state index in [9.17, 15) is 9.90 Å². The van der Waals surface area contributed by atoms with Gasteiger partial charge in [0, 0.05) is 13.1 Å². The van der Waals surface area contributed by atoms with Crippen LogP contribution in [0.3, 0.4) is 0 Å². The summed E-state index contributed by atoms with van der Waals surface area (Å²) in [6.07, 6.45) is 1.18. The van der Waals surface area contributed by atoms with E-state index in [-0.39, 0.29) is 12.1 Å². The Bertz CT molecular complexity index is 507. The number of nitrogens with one attached hydrogen (secondary N) is 1. The first-order chi connectivity index (χ1) is 9.60. The number of hydrogen-bond donors (Lipinski definition) is 2. The minimum atomic E-state index is -0.417. The fourth-order valence-electron chi connectivity index (χ4n) is 2.35. The number of β-amino-alcohol motifs (C(OH)–C–C–N with tert-alkyl or cyclic N) is 1. The first-order valence-electron chi connectivity index (χ1n) is 6.83. The molecule has 0 spiro atoms. The predicted molar refractivity (Wildman–Crippen MR) is 74.9 cm³/mol. The van der Waals surface area contributed by atoms with E-state index in [1.807, 2.05) is 19.1 Å². The number of amides is 2. The molecular weight excluding hydrogens is 254 g/mol. The molecule has 2 atom stereocenters. The van der Waals surface area contributed by atoms with E-state index in [1.165, 1.54) is 0 Å². The van der Waals surface area contributed by atoms with Crippen molar-refractivity contribution >= 4 is 6.03 Å². The average Bonchev–Trinajstić information content (AvgIpc) is 2.47. The van der Waals surface area contributed by atoms with Gasteiger partial charge in [-0.3, -0.25) is 0 Å². The van der Waals surface area contributed by atoms with Gasteiger partial charge in [-0.15, -0.1) is 0 Å². The second-order valence-corrected chi connectivity index (χ2v) is 5.15. The highest BCUT2D eigenvalue weighted by Crippen LogP contribution is 2.15. The van der Waals surface area contributed by atoms with Gasteiger partial charge in [0.05, 0.1) is 23.8 Å². The molecule has 1 heterocycles. The molecule has 1 aromatic rings. The molecule has 5 nitrogen and oxygen atoms in total. The number of nitrogens with zero attached hydrogens (tertiary/aromatic N) is 2. The van der Waals surface area contributed by atoms with Crippen molar-refractivity contribution in [2.45, 2.75) is 31.9 Å². The summed E-state index contributed by atoms with van der Waals surface area (Å²) >= 11 is 0. The minimum Gasteiger partial charge on any atom is -0.391 e. The van der Waals surface area contributed by atoms with E-state index in [0.717, 1.165) is 18.4 Å². The number of carbonyl (C=O) groups is 1. The third kappa shape index (κ3) is 3.49. The van der Waals surface area contributed by atoms with Gasteiger partial charge < -0.3 is 15.3 Å². The highest BCUT2D eigenvalue weighted by molar-refractivity contribution is 5.74. The van der Waals surface area contributed by atoms with Gasteiger partial charge in [-0.05, 0) is 37.5 Å². The number of urea groups is 1. The zero-order chi connectivity index (χ0) is 14.5. The molecule has 1 aliphatic rings. The summed E-state index contributed by atoms with van der Waals surface area (Å²) < 4.78 is 0. The van der Waals surface area contributed by atoms with Crippen molar-refractivity contribution in [2.24, 2.45) is 0 Å². The largest absolute Gasteiger partial charge is 0.391 e. The quantitative estimate of drug-likeness (QED) is 0.862. The van der Waals surface area contributed by atoms with E-state index in [1.54, 1.807) is 17.0 Å². The lowest BCUT2D eigenvalue weighted by molar-refractivity contribution is 0.0835. The van der Waals surface area contributed by atoms with Crippen molar-refractivity contribution < 1.29 is 9.90 Å². The Hall–Kier alpha value is -2.06. The molecule has 2 unspecified atom stereocenters. The fourth-order valence-corrected chi connectivity index (χ4v) is 2.35. The molecule has 1 saturated heterocycles. The average molecular weight is 273 g/mol. The van der Waals surface area contributed by atoms with Crippen LogP contribution in [0.15, 0.2) is 24.3 Å². The van der Waals surface area contributed by atoms with Crippen LogP contribution in [-0.4, -0.2) is 35.2 Å². The van der Waals surface area contributed by atoms with Gasteiger partial charge >= 0.3 is 6.03 Å². The number of aliphatic hydroxyl groups excluding tert-OH is 1. The number of rotatable bonds is 2. The van der Waals surface area contributed by atoms with Gasteiger partial charge in [-0.25, -0.2) is 4.79 Å². The molecular formula is C15H19N3O2. The van der Waals surface area contributed by atoms with Gasteiger partial charge in [0.1, 0.15) is 0 Å². The Morgan fingerprint density at radius 3 is 2.80 bits per heavy atom. The van der Waals surface area contributed by atoms with Crippen molar-refractivity contribution in [2.75, 3.05) is 13.1 Å². The molecule has 0 radical (unpaired) electrons. The lowest BCUT2D eigenvalue weighted by Gasteiger charge is -2.31. The van der Waals surface area contributed by atoms with Crippen molar-refractivity contribution in [3.63, 3.8) is 0 Å². The van der Waals surface area contributed by atoms with Crippen molar-refractivity contribution in [1.82, 2.24) is 10.2 Å². The van der Waals surface area contributed by atoms with Crippen LogP contribution in [0.1, 0.15) is 36.9 Å². The van der Waals surface area contributed by atoms with Crippen LogP contribution in [0.2, 0.25) is 0 Å². The zero-order valence-corrected chi connectivity index (χ0v) is 11.5. The molecule has 2 rings (SSSR count). The Morgan fingerprint density at radius 1 is 1.50 bits per heavy atom. The molecule has 2 N–H and O–H groups in total. The summed E-state index contributed by atoms with van der Waals surface area (Å²) in [4.78, 5) is 13.7. The Balaban J connectivity index is 1.94. The van der Waals surface area contributed by atoms with Gasteiger partial charge in [0.25, 0.3) is 0 Å². The van der Waals surface area contributed by atoms with Crippen LogP contribution in [0.4, 0.5) is 4.79 Å². The van der Waals surface area contributed by atoms with E-state index in [0.29, 0.717) is 18.7 Å². The molecule has 20 heavy (non-hydrogen) atoms. The van der Waals surface area contributed by atoms with Gasteiger partial charge in [0.15, 0.2) is 0 Å². The van der Waals surface area contributed by atoms with Gasteiger partial charge in [-0.1, -0.05) is 12.1 Å². The Morgan fingerprint density at radius 2 is 2.20 bits per heavy atom. The highest BCUT2D eigenvalue weighted by Gasteiger charge is 2.23. The smallest absolute Gasteiger partial charge is 0.317 e. The monoisotopic (exact) mass is 273 g/mol. The molecule has 2 amide bonds. The molecule has 0 aromatic heterocycles. The third-order valence-electron chi connectivity index (χ3n) is 3.56. The second-order valence-electron chi connectivity index (χ2n) is 5.15. The Labute approximate surface area is 118 Å². The summed E-state index contributed by atoms with van der Waals surface area (Å²) in [5.74, 6) is 0. The zero-order valence-electron chi connectivity index (χ0n) is 11.5. The van der Waals surface area contributed by atoms with Crippen LogP contribution < -0.4 is 5.32 Å². The molecule has 1 aliphatic heterocycles. The third-order valence-corrected chi connectivity index (χ3v) is 3.56. The summed E-state index contributed by atoms with van der Waals surface area (Å²) in [5, 5.41) is 21.3. The molecule has 0 bridgehead atoms. The van der Waals surface area contributed by atoms with E-state index in [2.05, 4.69) is 11.4 Å². The maximum absolute atomic E-state index is 12.1. The lowest BCUT2D eigenvalue weighted by atomic mass is 10.1. The topological polar surface area (TPSA) is 76.4 Å². The van der Waals surface area contributed by atoms with Crippen LogP contribution in [0.5, 0.6) is 0 Å². The predicted octanol–water partition coefficient (Wildman–Crippen LogP) is 1.79. The lowest BCUT2D eigenvalue weighted by Crippen LogP contribution is -2.47. The van der Waals surface area contributed by atoms with E-state index < -0.39 is 6.10 Å². The van der Waals surface area contributed by atoms with Crippen molar-refractivity contribution in [3.8, 4) is 6.07 Å². The van der Waals surface area contributed by atoms with E-state index >= 15 is 0 Å². The standard InChI is InChI=1S/C15H19N3O2/c1-11(13-6-4-12(9-16)5-7-13)17-15(20)18-8-2-3-14(19)10-18/h4-7,11,14,19H,2-3,8,10H2,1H3,(H,17,20). The summed E-state index contributed by atoms with van der Waals surface area (Å²) in [6, 6.07) is 8.95. The van der Waals surface area contributed by atoms with Gasteiger partial charge in [-0.2, -0.15) is 5.26 Å². The minimum absolute atomic E-state index is 0.130. The van der Waals surface area contributed by atoms with Crippen molar-refractivity contribution in [3.05, 3.63) is 35.4 Å². The maximum atomic E-state index is 12.1. The second kappa shape index (κ2) is 6.40. The fraction of sp³-hybridized carbons (Fsp3) is 0.467. The highest BCUT2D eigenvalue weighted by atomic mass is 16.3. The SMILES string of the molecule is CC(NC(=O)N1CCCC(O)C1)c1ccc(C#N)cc1. The van der Waals surface area contributed by atoms with Crippen LogP contribution in [0, 0.1) is 11.3 Å².